The Balaban J connectivity index is 3.64. The van der Waals surface area contributed by atoms with Crippen molar-refractivity contribution in [3.63, 3.8) is 0 Å². The molecule has 0 amide bonds. The van der Waals surface area contributed by atoms with Gasteiger partial charge in [-0.3, -0.25) is 4.79 Å². The zero-order valence-corrected chi connectivity index (χ0v) is 8.31. The van der Waals surface area contributed by atoms with Crippen LogP contribution in [0, 0.1) is 0 Å². The van der Waals surface area contributed by atoms with Crippen LogP contribution in [-0.2, 0) is 14.3 Å². The first-order valence-corrected chi connectivity index (χ1v) is 4.67. The summed E-state index contributed by atoms with van der Waals surface area (Å²) in [5.74, 6) is -0.631. The normalized spacial score (nSPS) is 12.7. The minimum atomic E-state index is -1.16. The Labute approximate surface area is 83.6 Å². The van der Waals surface area contributed by atoms with E-state index in [9.17, 15) is 14.7 Å². The number of allylic oxidation sites excluding steroid dienone is 1. The van der Waals surface area contributed by atoms with Gasteiger partial charge in [0, 0.05) is 6.42 Å². The van der Waals surface area contributed by atoms with Gasteiger partial charge in [0.2, 0.25) is 0 Å². The minimum absolute atomic E-state index is 0.115. The lowest BCUT2D eigenvalue weighted by atomic mass is 10.2. The zero-order chi connectivity index (χ0) is 10.8. The van der Waals surface area contributed by atoms with Gasteiger partial charge in [0.1, 0.15) is 6.29 Å². The average Bonchev–Trinajstić information content (AvgIpc) is 2.18. The number of aldehydes is 1. The highest BCUT2D eigenvalue weighted by atomic mass is 16.5. The molecule has 4 heteroatoms. The topological polar surface area (TPSA) is 63.6 Å². The number of hydrogen-bond acceptors (Lipinski definition) is 4. The maximum absolute atomic E-state index is 11.0. The van der Waals surface area contributed by atoms with Crippen molar-refractivity contribution < 1.29 is 19.4 Å². The predicted molar refractivity (Wildman–Crippen MR) is 51.7 cm³/mol. The van der Waals surface area contributed by atoms with E-state index in [1.807, 2.05) is 6.92 Å². The number of aliphatic hydroxyl groups is 1. The van der Waals surface area contributed by atoms with Crippen LogP contribution in [0.3, 0.4) is 0 Å². The van der Waals surface area contributed by atoms with E-state index in [0.717, 1.165) is 12.8 Å². The fourth-order valence-corrected chi connectivity index (χ4v) is 0.773. The first-order valence-electron chi connectivity index (χ1n) is 4.67. The summed E-state index contributed by atoms with van der Waals surface area (Å²) < 4.78 is 4.76. The highest BCUT2D eigenvalue weighted by Gasteiger charge is 2.13. The number of carbonyl (C=O) groups excluding carboxylic acids is 2. The smallest absolute Gasteiger partial charge is 0.335 e. The molecule has 4 nitrogen and oxygen atoms in total. The molecule has 0 radical (unpaired) electrons. The van der Waals surface area contributed by atoms with Gasteiger partial charge in [0.25, 0.3) is 0 Å². The number of aliphatic hydroxyl groups excluding tert-OH is 1. The SMILES string of the molecule is CCCCOC(=O)C(O)C/C=C/C=O. The molecule has 0 aliphatic rings. The maximum Gasteiger partial charge on any atom is 0.335 e. The second kappa shape index (κ2) is 8.44. The molecular weight excluding hydrogens is 184 g/mol. The highest BCUT2D eigenvalue weighted by Crippen LogP contribution is 1.98. The van der Waals surface area contributed by atoms with Gasteiger partial charge in [-0.15, -0.1) is 0 Å². The van der Waals surface area contributed by atoms with E-state index in [0.29, 0.717) is 12.9 Å². The van der Waals surface area contributed by atoms with Gasteiger partial charge < -0.3 is 9.84 Å². The van der Waals surface area contributed by atoms with Crippen molar-refractivity contribution in [3.05, 3.63) is 12.2 Å². The summed E-state index contributed by atoms with van der Waals surface area (Å²) >= 11 is 0. The summed E-state index contributed by atoms with van der Waals surface area (Å²) in [6.07, 6.45) is 3.94. The lowest BCUT2D eigenvalue weighted by molar-refractivity contribution is -0.153. The molecule has 1 atom stereocenters. The summed E-state index contributed by atoms with van der Waals surface area (Å²) in [6.45, 7) is 2.32. The molecule has 0 aromatic heterocycles. The Bertz CT molecular complexity index is 198. The third kappa shape index (κ3) is 6.37. The molecular formula is C10H16O4. The van der Waals surface area contributed by atoms with Crippen LogP contribution in [0.1, 0.15) is 26.2 Å². The number of rotatable bonds is 7. The van der Waals surface area contributed by atoms with Gasteiger partial charge in [0.15, 0.2) is 6.10 Å². The fourth-order valence-electron chi connectivity index (χ4n) is 0.773. The third-order valence-electron chi connectivity index (χ3n) is 1.59. The lowest BCUT2D eigenvalue weighted by Crippen LogP contribution is -2.22. The largest absolute Gasteiger partial charge is 0.464 e. The maximum atomic E-state index is 11.0. The van der Waals surface area contributed by atoms with Crippen LogP contribution in [0.15, 0.2) is 12.2 Å². The second-order valence-corrected chi connectivity index (χ2v) is 2.84. The molecule has 0 aliphatic carbocycles. The molecule has 0 rings (SSSR count). The van der Waals surface area contributed by atoms with Gasteiger partial charge in [-0.25, -0.2) is 4.79 Å². The van der Waals surface area contributed by atoms with Crippen LogP contribution < -0.4 is 0 Å². The van der Waals surface area contributed by atoms with Crippen LogP contribution in [0.5, 0.6) is 0 Å². The van der Waals surface area contributed by atoms with Gasteiger partial charge in [0.05, 0.1) is 6.61 Å². The summed E-state index contributed by atoms with van der Waals surface area (Å²) in [5, 5.41) is 9.20. The molecule has 0 aromatic carbocycles. The highest BCUT2D eigenvalue weighted by molar-refractivity contribution is 5.74. The van der Waals surface area contributed by atoms with Crippen molar-refractivity contribution in [2.75, 3.05) is 6.61 Å². The molecule has 0 fully saturated rings. The van der Waals surface area contributed by atoms with Crippen LogP contribution in [0.2, 0.25) is 0 Å². The van der Waals surface area contributed by atoms with E-state index in [-0.39, 0.29) is 6.42 Å². The third-order valence-corrected chi connectivity index (χ3v) is 1.59. The van der Waals surface area contributed by atoms with Crippen molar-refractivity contribution in [2.24, 2.45) is 0 Å². The van der Waals surface area contributed by atoms with E-state index < -0.39 is 12.1 Å². The Kier molecular flexibility index (Phi) is 7.74. The summed E-state index contributed by atoms with van der Waals surface area (Å²) in [5.41, 5.74) is 0. The van der Waals surface area contributed by atoms with Crippen LogP contribution >= 0.6 is 0 Å². The Morgan fingerprint density at radius 1 is 1.57 bits per heavy atom. The Morgan fingerprint density at radius 2 is 2.29 bits per heavy atom. The summed E-state index contributed by atoms with van der Waals surface area (Å²) in [7, 11) is 0. The van der Waals surface area contributed by atoms with Gasteiger partial charge in [-0.05, 0) is 12.5 Å². The van der Waals surface area contributed by atoms with Gasteiger partial charge >= 0.3 is 5.97 Å². The number of carbonyl (C=O) groups is 2. The second-order valence-electron chi connectivity index (χ2n) is 2.84. The molecule has 0 spiro atoms. The number of esters is 1. The van der Waals surface area contributed by atoms with Crippen LogP contribution in [-0.4, -0.2) is 30.1 Å². The summed E-state index contributed by atoms with van der Waals surface area (Å²) in [4.78, 5) is 20.9. The predicted octanol–water partition coefficient (Wildman–Crippen LogP) is 0.836. The number of ether oxygens (including phenoxy) is 1. The van der Waals surface area contributed by atoms with Gasteiger partial charge in [-0.2, -0.15) is 0 Å². The van der Waals surface area contributed by atoms with Crippen molar-refractivity contribution >= 4 is 12.3 Å². The molecule has 14 heavy (non-hydrogen) atoms. The first kappa shape index (κ1) is 12.8. The number of unbranched alkanes of at least 4 members (excludes halogenated alkanes) is 1. The van der Waals surface area contributed by atoms with Crippen LogP contribution in [0.25, 0.3) is 0 Å². The number of hydrogen-bond donors (Lipinski definition) is 1. The van der Waals surface area contributed by atoms with Crippen LogP contribution in [0.4, 0.5) is 0 Å². The molecule has 0 saturated carbocycles. The minimum Gasteiger partial charge on any atom is -0.464 e. The molecule has 0 saturated heterocycles. The molecule has 1 unspecified atom stereocenters. The van der Waals surface area contributed by atoms with Gasteiger partial charge in [-0.1, -0.05) is 19.4 Å². The zero-order valence-electron chi connectivity index (χ0n) is 8.31. The Hall–Kier alpha value is -1.16. The van der Waals surface area contributed by atoms with E-state index in [1.165, 1.54) is 12.2 Å². The molecule has 0 bridgehead atoms. The first-order chi connectivity index (χ1) is 6.72. The summed E-state index contributed by atoms with van der Waals surface area (Å²) in [6, 6.07) is 0. The Morgan fingerprint density at radius 3 is 2.86 bits per heavy atom. The molecule has 1 N–H and O–H groups in total. The van der Waals surface area contributed by atoms with E-state index in [4.69, 9.17) is 4.74 Å². The van der Waals surface area contributed by atoms with E-state index in [1.54, 1.807) is 0 Å². The fraction of sp³-hybridized carbons (Fsp3) is 0.600. The average molecular weight is 200 g/mol. The quantitative estimate of drug-likeness (QED) is 0.286. The van der Waals surface area contributed by atoms with Crippen molar-refractivity contribution in [1.82, 2.24) is 0 Å². The molecule has 0 heterocycles. The van der Waals surface area contributed by atoms with E-state index in [2.05, 4.69) is 0 Å². The standard InChI is InChI=1S/C10H16O4/c1-2-3-8-14-10(13)9(12)6-4-5-7-11/h4-5,7,9,12H,2-3,6,8H2,1H3/b5-4+. The molecule has 80 valence electrons. The van der Waals surface area contributed by atoms with Crippen molar-refractivity contribution in [3.8, 4) is 0 Å². The van der Waals surface area contributed by atoms with E-state index >= 15 is 0 Å². The van der Waals surface area contributed by atoms with Crippen molar-refractivity contribution in [1.29, 1.82) is 0 Å². The lowest BCUT2D eigenvalue weighted by Gasteiger charge is -2.07. The molecule has 0 aromatic rings. The monoisotopic (exact) mass is 200 g/mol. The molecule has 0 aliphatic heterocycles. The van der Waals surface area contributed by atoms with Crippen molar-refractivity contribution in [2.45, 2.75) is 32.3 Å².